The Bertz CT molecular complexity index is 1060. The lowest BCUT2D eigenvalue weighted by Crippen LogP contribution is -2.26. The summed E-state index contributed by atoms with van der Waals surface area (Å²) in [6.07, 6.45) is -3.46. The van der Waals surface area contributed by atoms with Crippen molar-refractivity contribution in [3.63, 3.8) is 0 Å². The van der Waals surface area contributed by atoms with Crippen molar-refractivity contribution in [1.29, 1.82) is 0 Å². The molecule has 0 atom stereocenters. The van der Waals surface area contributed by atoms with Crippen molar-refractivity contribution in [1.82, 2.24) is 15.0 Å². The number of imidazole rings is 1. The summed E-state index contributed by atoms with van der Waals surface area (Å²) >= 11 is 0. The van der Waals surface area contributed by atoms with Gasteiger partial charge in [0.05, 0.1) is 22.8 Å². The van der Waals surface area contributed by atoms with Gasteiger partial charge in [-0.2, -0.15) is 18.3 Å². The van der Waals surface area contributed by atoms with Gasteiger partial charge in [-0.05, 0) is 29.8 Å². The number of carboxylic acid groups (broad SMARTS) is 1. The van der Waals surface area contributed by atoms with Crippen LogP contribution in [0.1, 0.15) is 21.7 Å². The number of para-hydroxylation sites is 2. The standard InChI is InChI=1S/C18H13F3N4O3/c19-18(20,21)17-23-13-3-1-2-4-14(13)25(17)10-15(26)24-22-9-11-5-7-12(8-6-11)16(27)28/h1-9H,10H2,(H,24,26)(H,27,28)/b22-9-. The van der Waals surface area contributed by atoms with Crippen LogP contribution in [0.3, 0.4) is 0 Å². The van der Waals surface area contributed by atoms with E-state index in [0.717, 1.165) is 4.57 Å². The summed E-state index contributed by atoms with van der Waals surface area (Å²) in [6, 6.07) is 11.7. The molecule has 3 rings (SSSR count). The van der Waals surface area contributed by atoms with Gasteiger partial charge in [-0.25, -0.2) is 15.2 Å². The molecule has 1 heterocycles. The molecule has 0 aliphatic rings. The van der Waals surface area contributed by atoms with Crippen LogP contribution in [-0.2, 0) is 17.5 Å². The minimum absolute atomic E-state index is 0.0906. The van der Waals surface area contributed by atoms with Gasteiger partial charge in [-0.15, -0.1) is 0 Å². The largest absolute Gasteiger partial charge is 0.478 e. The maximum atomic E-state index is 13.2. The topological polar surface area (TPSA) is 96.6 Å². The first-order valence-corrected chi connectivity index (χ1v) is 7.93. The minimum Gasteiger partial charge on any atom is -0.478 e. The Labute approximate surface area is 156 Å². The fraction of sp³-hybridized carbons (Fsp3) is 0.111. The van der Waals surface area contributed by atoms with Crippen molar-refractivity contribution in [3.05, 3.63) is 65.5 Å². The van der Waals surface area contributed by atoms with Crippen LogP contribution < -0.4 is 5.43 Å². The number of nitrogens with one attached hydrogen (secondary N) is 1. The van der Waals surface area contributed by atoms with E-state index in [1.165, 1.54) is 42.6 Å². The fourth-order valence-corrected chi connectivity index (χ4v) is 2.52. The van der Waals surface area contributed by atoms with Crippen LogP contribution in [-0.4, -0.2) is 32.7 Å². The molecule has 28 heavy (non-hydrogen) atoms. The number of alkyl halides is 3. The van der Waals surface area contributed by atoms with Crippen molar-refractivity contribution in [2.45, 2.75) is 12.7 Å². The maximum absolute atomic E-state index is 13.2. The van der Waals surface area contributed by atoms with Crippen molar-refractivity contribution >= 4 is 29.1 Å². The van der Waals surface area contributed by atoms with E-state index in [4.69, 9.17) is 5.11 Å². The van der Waals surface area contributed by atoms with Crippen LogP contribution in [0, 0.1) is 0 Å². The van der Waals surface area contributed by atoms with Gasteiger partial charge in [0.2, 0.25) is 5.82 Å². The van der Waals surface area contributed by atoms with E-state index < -0.39 is 30.4 Å². The molecule has 2 aromatic carbocycles. The molecule has 3 aromatic rings. The van der Waals surface area contributed by atoms with Crippen LogP contribution in [0.15, 0.2) is 53.6 Å². The molecule has 0 aliphatic carbocycles. The zero-order valence-corrected chi connectivity index (χ0v) is 14.1. The van der Waals surface area contributed by atoms with Gasteiger partial charge < -0.3 is 9.67 Å². The summed E-state index contributed by atoms with van der Waals surface area (Å²) in [5, 5.41) is 12.5. The molecule has 0 aliphatic heterocycles. The van der Waals surface area contributed by atoms with Crippen LogP contribution in [0.5, 0.6) is 0 Å². The SMILES string of the molecule is O=C(Cn1c(C(F)(F)F)nc2ccccc21)N/N=C\c1ccc(C(=O)O)cc1. The van der Waals surface area contributed by atoms with E-state index in [-0.39, 0.29) is 16.6 Å². The van der Waals surface area contributed by atoms with Crippen LogP contribution in [0.25, 0.3) is 11.0 Å². The van der Waals surface area contributed by atoms with Crippen molar-refractivity contribution in [2.75, 3.05) is 0 Å². The Morgan fingerprint density at radius 2 is 1.82 bits per heavy atom. The average molecular weight is 390 g/mol. The number of aromatic nitrogens is 2. The van der Waals surface area contributed by atoms with Crippen molar-refractivity contribution in [3.8, 4) is 0 Å². The summed E-state index contributed by atoms with van der Waals surface area (Å²) in [6.45, 7) is -0.620. The third kappa shape index (κ3) is 4.17. The number of fused-ring (bicyclic) bond motifs is 1. The van der Waals surface area contributed by atoms with Gasteiger partial charge in [0.1, 0.15) is 6.54 Å². The molecular weight excluding hydrogens is 377 g/mol. The van der Waals surface area contributed by atoms with E-state index in [1.54, 1.807) is 12.1 Å². The highest BCUT2D eigenvalue weighted by molar-refractivity contribution is 5.89. The zero-order valence-electron chi connectivity index (χ0n) is 14.1. The molecule has 144 valence electrons. The molecule has 7 nitrogen and oxygen atoms in total. The molecule has 0 radical (unpaired) electrons. The Kier molecular flexibility index (Phi) is 5.12. The normalized spacial score (nSPS) is 11.8. The second kappa shape index (κ2) is 7.51. The third-order valence-corrected chi connectivity index (χ3v) is 3.77. The average Bonchev–Trinajstić information content (AvgIpc) is 3.01. The first-order chi connectivity index (χ1) is 13.3. The minimum atomic E-state index is -4.71. The molecule has 0 unspecified atom stereocenters. The van der Waals surface area contributed by atoms with Crippen LogP contribution in [0.2, 0.25) is 0 Å². The van der Waals surface area contributed by atoms with Gasteiger partial charge in [-0.3, -0.25) is 4.79 Å². The lowest BCUT2D eigenvalue weighted by molar-refractivity contribution is -0.147. The predicted molar refractivity (Wildman–Crippen MR) is 93.9 cm³/mol. The molecule has 1 amide bonds. The van der Waals surface area contributed by atoms with Gasteiger partial charge in [0, 0.05) is 0 Å². The smallest absolute Gasteiger partial charge is 0.449 e. The van der Waals surface area contributed by atoms with E-state index >= 15 is 0 Å². The number of halogens is 3. The number of carbonyl (C=O) groups is 2. The van der Waals surface area contributed by atoms with E-state index in [9.17, 15) is 22.8 Å². The molecule has 2 N–H and O–H groups in total. The lowest BCUT2D eigenvalue weighted by Gasteiger charge is -2.10. The Morgan fingerprint density at radius 3 is 2.46 bits per heavy atom. The van der Waals surface area contributed by atoms with Gasteiger partial charge in [-0.1, -0.05) is 24.3 Å². The monoisotopic (exact) mass is 390 g/mol. The van der Waals surface area contributed by atoms with E-state index in [1.807, 2.05) is 0 Å². The summed E-state index contributed by atoms with van der Waals surface area (Å²) < 4.78 is 40.4. The number of hydrogen-bond donors (Lipinski definition) is 2. The number of benzene rings is 2. The Hall–Kier alpha value is -3.69. The van der Waals surface area contributed by atoms with Crippen LogP contribution >= 0.6 is 0 Å². The summed E-state index contributed by atoms with van der Waals surface area (Å²) in [4.78, 5) is 26.4. The molecule has 10 heteroatoms. The summed E-state index contributed by atoms with van der Waals surface area (Å²) in [7, 11) is 0. The first kappa shape index (κ1) is 19.1. The fourth-order valence-electron chi connectivity index (χ4n) is 2.52. The number of aromatic carboxylic acids is 1. The number of carboxylic acids is 1. The number of rotatable bonds is 5. The highest BCUT2D eigenvalue weighted by atomic mass is 19.4. The lowest BCUT2D eigenvalue weighted by atomic mass is 10.1. The maximum Gasteiger partial charge on any atom is 0.449 e. The number of hydrazone groups is 1. The highest BCUT2D eigenvalue weighted by Gasteiger charge is 2.37. The molecular formula is C18H13F3N4O3. The number of carbonyl (C=O) groups excluding carboxylic acids is 1. The van der Waals surface area contributed by atoms with Crippen molar-refractivity contribution < 1.29 is 27.9 Å². The predicted octanol–water partition coefficient (Wildman–Crippen LogP) is 2.90. The van der Waals surface area contributed by atoms with Gasteiger partial charge >= 0.3 is 12.1 Å². The summed E-state index contributed by atoms with van der Waals surface area (Å²) in [5.41, 5.74) is 3.06. The van der Waals surface area contributed by atoms with Gasteiger partial charge in [0.25, 0.3) is 5.91 Å². The van der Waals surface area contributed by atoms with E-state index in [0.29, 0.717) is 5.56 Å². The second-order valence-corrected chi connectivity index (χ2v) is 5.73. The number of hydrogen-bond acceptors (Lipinski definition) is 4. The quantitative estimate of drug-likeness (QED) is 0.517. The first-order valence-electron chi connectivity index (χ1n) is 7.93. The molecule has 1 aromatic heterocycles. The van der Waals surface area contributed by atoms with Gasteiger partial charge in [0.15, 0.2) is 0 Å². The zero-order chi connectivity index (χ0) is 20.3. The molecule has 0 saturated heterocycles. The third-order valence-electron chi connectivity index (χ3n) is 3.77. The molecule has 0 spiro atoms. The molecule has 0 saturated carbocycles. The van der Waals surface area contributed by atoms with Crippen LogP contribution in [0.4, 0.5) is 13.2 Å². The summed E-state index contributed by atoms with van der Waals surface area (Å²) in [5.74, 6) is -3.02. The second-order valence-electron chi connectivity index (χ2n) is 5.73. The Balaban J connectivity index is 1.74. The molecule has 0 fully saturated rings. The van der Waals surface area contributed by atoms with E-state index in [2.05, 4.69) is 15.5 Å². The highest BCUT2D eigenvalue weighted by Crippen LogP contribution is 2.31. The number of nitrogens with zero attached hydrogens (tertiary/aromatic N) is 3. The van der Waals surface area contributed by atoms with Crippen molar-refractivity contribution in [2.24, 2.45) is 5.10 Å². The Morgan fingerprint density at radius 1 is 1.14 bits per heavy atom. The number of amides is 1. The molecule has 0 bridgehead atoms.